The number of rotatable bonds is 3. The van der Waals surface area contributed by atoms with Gasteiger partial charge in [-0.05, 0) is 17.9 Å². The Hall–Kier alpha value is -1.31. The molecule has 14 heavy (non-hydrogen) atoms. The number of primary amides is 1. The van der Waals surface area contributed by atoms with Crippen molar-refractivity contribution < 1.29 is 4.79 Å². The molecule has 2 nitrogen and oxygen atoms in total. The van der Waals surface area contributed by atoms with Gasteiger partial charge in [0, 0.05) is 6.42 Å². The van der Waals surface area contributed by atoms with Crippen molar-refractivity contribution in [3.05, 3.63) is 35.4 Å². The maximum atomic E-state index is 10.9. The summed E-state index contributed by atoms with van der Waals surface area (Å²) < 4.78 is 0. The molecule has 0 bridgehead atoms. The van der Waals surface area contributed by atoms with Crippen LogP contribution in [0.15, 0.2) is 24.3 Å². The summed E-state index contributed by atoms with van der Waals surface area (Å²) in [5.41, 5.74) is 7.42. The summed E-state index contributed by atoms with van der Waals surface area (Å²) in [5.74, 6) is -0.254. The highest BCUT2D eigenvalue weighted by atomic mass is 16.1. The molecular formula is C12H17NO. The van der Waals surface area contributed by atoms with Crippen LogP contribution in [0, 0.1) is 6.92 Å². The van der Waals surface area contributed by atoms with Crippen LogP contribution in [-0.2, 0) is 10.2 Å². The van der Waals surface area contributed by atoms with Crippen molar-refractivity contribution in [2.45, 2.75) is 32.6 Å². The third-order valence-corrected chi connectivity index (χ3v) is 2.45. The summed E-state index contributed by atoms with van der Waals surface area (Å²) >= 11 is 0. The molecule has 0 heterocycles. The van der Waals surface area contributed by atoms with Crippen molar-refractivity contribution in [2.75, 3.05) is 0 Å². The zero-order chi connectivity index (χ0) is 10.8. The number of nitrogens with two attached hydrogens (primary N) is 1. The van der Waals surface area contributed by atoms with Gasteiger partial charge in [-0.2, -0.15) is 0 Å². The molecule has 0 atom stereocenters. The predicted octanol–water partition coefficient (Wildman–Crippen LogP) is 2.15. The Morgan fingerprint density at radius 3 is 2.21 bits per heavy atom. The third kappa shape index (κ3) is 2.59. The number of amides is 1. The second-order valence-electron chi connectivity index (χ2n) is 4.39. The second-order valence-corrected chi connectivity index (χ2v) is 4.39. The van der Waals surface area contributed by atoms with Crippen LogP contribution >= 0.6 is 0 Å². The Morgan fingerprint density at radius 1 is 1.29 bits per heavy atom. The van der Waals surface area contributed by atoms with Crippen molar-refractivity contribution >= 4 is 5.91 Å². The minimum Gasteiger partial charge on any atom is -0.370 e. The van der Waals surface area contributed by atoms with E-state index in [4.69, 9.17) is 5.73 Å². The Kier molecular flexibility index (Phi) is 2.94. The number of carbonyl (C=O) groups excluding carboxylic acids is 1. The highest BCUT2D eigenvalue weighted by Gasteiger charge is 2.22. The molecule has 1 aromatic rings. The average molecular weight is 191 g/mol. The fourth-order valence-corrected chi connectivity index (χ4v) is 1.54. The quantitative estimate of drug-likeness (QED) is 0.781. The largest absolute Gasteiger partial charge is 0.370 e. The first-order valence-electron chi connectivity index (χ1n) is 4.77. The van der Waals surface area contributed by atoms with E-state index >= 15 is 0 Å². The lowest BCUT2D eigenvalue weighted by molar-refractivity contribution is -0.119. The van der Waals surface area contributed by atoms with Gasteiger partial charge in [-0.3, -0.25) is 4.79 Å². The Balaban J connectivity index is 2.91. The van der Waals surface area contributed by atoms with Crippen molar-refractivity contribution in [3.63, 3.8) is 0 Å². The lowest BCUT2D eigenvalue weighted by Gasteiger charge is -2.23. The number of hydrogen-bond donors (Lipinski definition) is 1. The molecule has 2 N–H and O–H groups in total. The smallest absolute Gasteiger partial charge is 0.218 e. The van der Waals surface area contributed by atoms with Gasteiger partial charge in [0.15, 0.2) is 0 Å². The summed E-state index contributed by atoms with van der Waals surface area (Å²) in [5, 5.41) is 0. The van der Waals surface area contributed by atoms with Gasteiger partial charge < -0.3 is 5.73 Å². The van der Waals surface area contributed by atoms with Crippen molar-refractivity contribution in [1.29, 1.82) is 0 Å². The SMILES string of the molecule is Cc1ccc(C(C)(C)CC(N)=O)cc1. The molecule has 1 aromatic carbocycles. The van der Waals surface area contributed by atoms with Gasteiger partial charge in [0.05, 0.1) is 0 Å². The van der Waals surface area contributed by atoms with Gasteiger partial charge in [0.1, 0.15) is 0 Å². The standard InChI is InChI=1S/C12H17NO/c1-9-4-6-10(7-5-9)12(2,3)8-11(13)14/h4-7H,8H2,1-3H3,(H2,13,14). The highest BCUT2D eigenvalue weighted by molar-refractivity contribution is 5.75. The number of aryl methyl sites for hydroxylation is 1. The molecule has 0 spiro atoms. The van der Waals surface area contributed by atoms with Gasteiger partial charge >= 0.3 is 0 Å². The molecule has 0 saturated heterocycles. The minimum absolute atomic E-state index is 0.167. The van der Waals surface area contributed by atoms with Crippen LogP contribution in [0.4, 0.5) is 0 Å². The first-order chi connectivity index (χ1) is 6.42. The molecule has 0 aliphatic rings. The first kappa shape index (κ1) is 10.8. The van der Waals surface area contributed by atoms with E-state index in [-0.39, 0.29) is 11.3 Å². The lowest BCUT2D eigenvalue weighted by Crippen LogP contribution is -2.26. The number of benzene rings is 1. The van der Waals surface area contributed by atoms with E-state index in [1.165, 1.54) is 5.56 Å². The number of carbonyl (C=O) groups is 1. The zero-order valence-corrected chi connectivity index (χ0v) is 9.00. The second kappa shape index (κ2) is 3.82. The molecule has 1 amide bonds. The van der Waals surface area contributed by atoms with E-state index in [1.54, 1.807) is 0 Å². The van der Waals surface area contributed by atoms with Crippen LogP contribution in [0.5, 0.6) is 0 Å². The molecule has 76 valence electrons. The monoisotopic (exact) mass is 191 g/mol. The summed E-state index contributed by atoms with van der Waals surface area (Å²) in [6, 6.07) is 8.21. The van der Waals surface area contributed by atoms with Crippen LogP contribution in [0.25, 0.3) is 0 Å². The molecule has 2 heteroatoms. The zero-order valence-electron chi connectivity index (χ0n) is 9.00. The minimum atomic E-state index is -0.254. The molecular weight excluding hydrogens is 174 g/mol. The Labute approximate surface area is 85.1 Å². The molecule has 0 aliphatic heterocycles. The van der Waals surface area contributed by atoms with Crippen molar-refractivity contribution in [1.82, 2.24) is 0 Å². The fourth-order valence-electron chi connectivity index (χ4n) is 1.54. The summed E-state index contributed by atoms with van der Waals surface area (Å²) in [6.07, 6.45) is 0.385. The van der Waals surface area contributed by atoms with E-state index in [0.717, 1.165) is 5.56 Å². The number of hydrogen-bond acceptors (Lipinski definition) is 1. The average Bonchev–Trinajstić information content (AvgIpc) is 2.02. The molecule has 0 aliphatic carbocycles. The van der Waals surface area contributed by atoms with Crippen molar-refractivity contribution in [2.24, 2.45) is 5.73 Å². The molecule has 0 saturated carbocycles. The summed E-state index contributed by atoms with van der Waals surface area (Å²) in [6.45, 7) is 6.11. The summed E-state index contributed by atoms with van der Waals surface area (Å²) in [7, 11) is 0. The summed E-state index contributed by atoms with van der Waals surface area (Å²) in [4.78, 5) is 10.9. The van der Waals surface area contributed by atoms with Crippen LogP contribution in [0.1, 0.15) is 31.4 Å². The maximum Gasteiger partial charge on any atom is 0.218 e. The predicted molar refractivity (Wildman–Crippen MR) is 58.0 cm³/mol. The van der Waals surface area contributed by atoms with Crippen LogP contribution in [0.2, 0.25) is 0 Å². The van der Waals surface area contributed by atoms with Crippen molar-refractivity contribution in [3.8, 4) is 0 Å². The molecule has 0 radical (unpaired) electrons. The van der Waals surface area contributed by atoms with Crippen LogP contribution in [-0.4, -0.2) is 5.91 Å². The lowest BCUT2D eigenvalue weighted by atomic mass is 9.81. The van der Waals surface area contributed by atoms with Crippen LogP contribution < -0.4 is 5.73 Å². The normalized spacial score (nSPS) is 11.4. The topological polar surface area (TPSA) is 43.1 Å². The van der Waals surface area contributed by atoms with Gasteiger partial charge in [-0.25, -0.2) is 0 Å². The molecule has 0 aromatic heterocycles. The molecule has 0 fully saturated rings. The maximum absolute atomic E-state index is 10.9. The first-order valence-corrected chi connectivity index (χ1v) is 4.77. The Bertz CT molecular complexity index is 325. The van der Waals surface area contributed by atoms with E-state index in [0.29, 0.717) is 6.42 Å². The van der Waals surface area contributed by atoms with E-state index in [9.17, 15) is 4.79 Å². The van der Waals surface area contributed by atoms with Gasteiger partial charge in [-0.1, -0.05) is 43.7 Å². The van der Waals surface area contributed by atoms with E-state index < -0.39 is 0 Å². The van der Waals surface area contributed by atoms with E-state index in [2.05, 4.69) is 24.3 Å². The van der Waals surface area contributed by atoms with Crippen LogP contribution in [0.3, 0.4) is 0 Å². The molecule has 1 rings (SSSR count). The van der Waals surface area contributed by atoms with Gasteiger partial charge in [0.2, 0.25) is 5.91 Å². The Morgan fingerprint density at radius 2 is 1.79 bits per heavy atom. The van der Waals surface area contributed by atoms with Gasteiger partial charge in [0.25, 0.3) is 0 Å². The third-order valence-electron chi connectivity index (χ3n) is 2.45. The molecule has 0 unspecified atom stereocenters. The highest BCUT2D eigenvalue weighted by Crippen LogP contribution is 2.26. The van der Waals surface area contributed by atoms with E-state index in [1.807, 2.05) is 20.8 Å². The fraction of sp³-hybridized carbons (Fsp3) is 0.417. The van der Waals surface area contributed by atoms with Gasteiger partial charge in [-0.15, -0.1) is 0 Å².